The van der Waals surface area contributed by atoms with Gasteiger partial charge in [-0.05, 0) is 68.8 Å². The third-order valence-electron chi connectivity index (χ3n) is 4.64. The van der Waals surface area contributed by atoms with Gasteiger partial charge in [0.05, 0.1) is 10.4 Å². The molecule has 1 aliphatic heterocycles. The van der Waals surface area contributed by atoms with Crippen LogP contribution in [0.4, 0.5) is 0 Å². The third kappa shape index (κ3) is 3.20. The molecule has 2 aromatic carbocycles. The number of hydrogen-bond acceptors (Lipinski definition) is 5. The lowest BCUT2D eigenvalue weighted by Gasteiger charge is -2.23. The van der Waals surface area contributed by atoms with Gasteiger partial charge in [-0.3, -0.25) is 5.10 Å². The number of ether oxygens (including phenoxy) is 1. The van der Waals surface area contributed by atoms with Crippen LogP contribution in [0.1, 0.15) is 18.4 Å². The van der Waals surface area contributed by atoms with E-state index in [1.54, 1.807) is 24.3 Å². The second kappa shape index (κ2) is 6.74. The average molecular weight is 371 g/mol. The van der Waals surface area contributed by atoms with Crippen molar-refractivity contribution < 1.29 is 13.2 Å². The van der Waals surface area contributed by atoms with Crippen LogP contribution >= 0.6 is 0 Å². The number of hydrogen-bond donors (Lipinski definition) is 2. The lowest BCUT2D eigenvalue weighted by atomic mass is 10.1. The van der Waals surface area contributed by atoms with E-state index in [0.29, 0.717) is 16.7 Å². The number of H-pyrrole nitrogens is 1. The standard InChI is InChI=1S/C19H21N3O3S/c1-13-3-2-4-16(11-13)26(23,24)19-17-12-15(5-6-18(17)21-22-19)25-14-7-9-20-10-8-14/h2-6,11-12,14,20H,7-10H2,1H3,(H,21,22). The molecule has 1 aromatic heterocycles. The van der Waals surface area contributed by atoms with Crippen LogP contribution in [-0.2, 0) is 9.84 Å². The first kappa shape index (κ1) is 17.1. The van der Waals surface area contributed by atoms with Crippen molar-refractivity contribution in [3.63, 3.8) is 0 Å². The summed E-state index contributed by atoms with van der Waals surface area (Å²) in [5.41, 5.74) is 1.56. The smallest absolute Gasteiger partial charge is 0.226 e. The van der Waals surface area contributed by atoms with E-state index >= 15 is 0 Å². The van der Waals surface area contributed by atoms with E-state index < -0.39 is 9.84 Å². The van der Waals surface area contributed by atoms with Crippen molar-refractivity contribution in [1.29, 1.82) is 0 Å². The van der Waals surface area contributed by atoms with E-state index in [0.717, 1.165) is 31.5 Å². The zero-order valence-corrected chi connectivity index (χ0v) is 15.3. The zero-order valence-electron chi connectivity index (χ0n) is 14.5. The summed E-state index contributed by atoms with van der Waals surface area (Å²) in [6.07, 6.45) is 2.04. The molecular weight excluding hydrogens is 350 g/mol. The second-order valence-corrected chi connectivity index (χ2v) is 8.49. The van der Waals surface area contributed by atoms with Gasteiger partial charge in [0.1, 0.15) is 11.9 Å². The highest BCUT2D eigenvalue weighted by Crippen LogP contribution is 2.30. The van der Waals surface area contributed by atoms with Crippen LogP contribution in [0.15, 0.2) is 52.4 Å². The van der Waals surface area contributed by atoms with E-state index in [1.165, 1.54) is 0 Å². The highest BCUT2D eigenvalue weighted by atomic mass is 32.2. The maximum Gasteiger partial charge on any atom is 0.226 e. The lowest BCUT2D eigenvalue weighted by molar-refractivity contribution is 0.162. The number of aryl methyl sites for hydroxylation is 1. The minimum atomic E-state index is -3.70. The number of piperidine rings is 1. The van der Waals surface area contributed by atoms with Crippen LogP contribution in [0.5, 0.6) is 5.75 Å². The largest absolute Gasteiger partial charge is 0.490 e. The van der Waals surface area contributed by atoms with Crippen LogP contribution < -0.4 is 10.1 Å². The van der Waals surface area contributed by atoms with Crippen molar-refractivity contribution in [2.75, 3.05) is 13.1 Å². The highest BCUT2D eigenvalue weighted by Gasteiger charge is 2.24. The predicted octanol–water partition coefficient (Wildman–Crippen LogP) is 2.83. The molecule has 0 radical (unpaired) electrons. The molecule has 0 saturated carbocycles. The summed E-state index contributed by atoms with van der Waals surface area (Å²) in [7, 11) is -3.70. The molecule has 7 heteroatoms. The van der Waals surface area contributed by atoms with E-state index in [1.807, 2.05) is 25.1 Å². The van der Waals surface area contributed by atoms with Crippen LogP contribution in [0, 0.1) is 6.92 Å². The van der Waals surface area contributed by atoms with Gasteiger partial charge in [-0.1, -0.05) is 12.1 Å². The minimum absolute atomic E-state index is 0.0360. The molecule has 2 N–H and O–H groups in total. The highest BCUT2D eigenvalue weighted by molar-refractivity contribution is 7.91. The first-order chi connectivity index (χ1) is 12.5. The van der Waals surface area contributed by atoms with Gasteiger partial charge >= 0.3 is 0 Å². The number of fused-ring (bicyclic) bond motifs is 1. The first-order valence-corrected chi connectivity index (χ1v) is 10.2. The number of sulfone groups is 1. The van der Waals surface area contributed by atoms with Crippen LogP contribution in [0.2, 0.25) is 0 Å². The molecule has 26 heavy (non-hydrogen) atoms. The number of nitrogens with zero attached hydrogens (tertiary/aromatic N) is 1. The molecule has 3 aromatic rings. The molecule has 1 fully saturated rings. The zero-order chi connectivity index (χ0) is 18.1. The van der Waals surface area contributed by atoms with Crippen molar-refractivity contribution in [3.05, 3.63) is 48.0 Å². The minimum Gasteiger partial charge on any atom is -0.490 e. The lowest BCUT2D eigenvalue weighted by Crippen LogP contribution is -2.34. The fraction of sp³-hybridized carbons (Fsp3) is 0.316. The Morgan fingerprint density at radius 3 is 2.69 bits per heavy atom. The maximum absolute atomic E-state index is 13.0. The van der Waals surface area contributed by atoms with Gasteiger partial charge in [-0.25, -0.2) is 8.42 Å². The molecule has 0 aliphatic carbocycles. The van der Waals surface area contributed by atoms with Crippen molar-refractivity contribution in [3.8, 4) is 5.75 Å². The normalized spacial score (nSPS) is 16.0. The number of rotatable bonds is 4. The number of aromatic amines is 1. The Hall–Kier alpha value is -2.38. The molecule has 1 aliphatic rings. The Kier molecular flexibility index (Phi) is 4.42. The molecule has 0 bridgehead atoms. The van der Waals surface area contributed by atoms with E-state index in [4.69, 9.17) is 4.74 Å². The molecule has 136 valence electrons. The van der Waals surface area contributed by atoms with Crippen LogP contribution in [-0.4, -0.2) is 37.8 Å². The monoisotopic (exact) mass is 371 g/mol. The van der Waals surface area contributed by atoms with Crippen molar-refractivity contribution >= 4 is 20.7 Å². The summed E-state index contributed by atoms with van der Waals surface area (Å²) in [6.45, 7) is 3.74. The molecule has 0 amide bonds. The predicted molar refractivity (Wildman–Crippen MR) is 99.2 cm³/mol. The summed E-state index contributed by atoms with van der Waals surface area (Å²) in [6, 6.07) is 12.3. The third-order valence-corrected chi connectivity index (χ3v) is 6.34. The van der Waals surface area contributed by atoms with Gasteiger partial charge in [0.25, 0.3) is 0 Å². The summed E-state index contributed by atoms with van der Waals surface area (Å²) < 4.78 is 32.1. The quantitative estimate of drug-likeness (QED) is 0.737. The second-order valence-electron chi connectivity index (χ2n) is 6.62. The fourth-order valence-electron chi connectivity index (χ4n) is 3.25. The molecule has 0 atom stereocenters. The van der Waals surface area contributed by atoms with Gasteiger partial charge in [-0.15, -0.1) is 0 Å². The Bertz CT molecular complexity index is 1040. The number of aromatic nitrogens is 2. The Morgan fingerprint density at radius 2 is 1.92 bits per heavy atom. The molecule has 1 saturated heterocycles. The van der Waals surface area contributed by atoms with E-state index in [9.17, 15) is 8.42 Å². The van der Waals surface area contributed by atoms with Crippen LogP contribution in [0.25, 0.3) is 10.9 Å². The summed E-state index contributed by atoms with van der Waals surface area (Å²) in [5, 5.41) is 10.8. The fourth-order valence-corrected chi connectivity index (χ4v) is 4.69. The summed E-state index contributed by atoms with van der Waals surface area (Å²) >= 11 is 0. The van der Waals surface area contributed by atoms with Gasteiger partial charge in [0.15, 0.2) is 5.03 Å². The number of benzene rings is 2. The van der Waals surface area contributed by atoms with E-state index in [2.05, 4.69) is 15.5 Å². The Labute approximate surface area is 152 Å². The summed E-state index contributed by atoms with van der Waals surface area (Å²) in [5.74, 6) is 0.673. The van der Waals surface area contributed by atoms with Crippen LogP contribution in [0.3, 0.4) is 0 Å². The number of nitrogens with one attached hydrogen (secondary N) is 2. The van der Waals surface area contributed by atoms with Crippen molar-refractivity contribution in [2.24, 2.45) is 0 Å². The van der Waals surface area contributed by atoms with Gasteiger partial charge in [-0.2, -0.15) is 5.10 Å². The average Bonchev–Trinajstić information content (AvgIpc) is 3.06. The molecule has 4 rings (SSSR count). The van der Waals surface area contributed by atoms with E-state index in [-0.39, 0.29) is 16.0 Å². The molecule has 0 spiro atoms. The van der Waals surface area contributed by atoms with Gasteiger partial charge in [0.2, 0.25) is 9.84 Å². The molecule has 2 heterocycles. The molecular formula is C19H21N3O3S. The van der Waals surface area contributed by atoms with Crippen molar-refractivity contribution in [2.45, 2.75) is 35.8 Å². The molecule has 0 unspecified atom stereocenters. The van der Waals surface area contributed by atoms with Gasteiger partial charge < -0.3 is 10.1 Å². The molecule has 6 nitrogen and oxygen atoms in total. The van der Waals surface area contributed by atoms with Gasteiger partial charge in [0, 0.05) is 5.39 Å². The topological polar surface area (TPSA) is 84.1 Å². The summed E-state index contributed by atoms with van der Waals surface area (Å²) in [4.78, 5) is 0.246. The van der Waals surface area contributed by atoms with Crippen molar-refractivity contribution in [1.82, 2.24) is 15.5 Å². The maximum atomic E-state index is 13.0. The first-order valence-electron chi connectivity index (χ1n) is 8.71. The Morgan fingerprint density at radius 1 is 1.12 bits per heavy atom. The SMILES string of the molecule is Cc1cccc(S(=O)(=O)c2n[nH]c3ccc(OC4CCNCC4)cc23)c1. The Balaban J connectivity index is 1.72.